The number of amides is 1. The van der Waals surface area contributed by atoms with Crippen LogP contribution in [0.5, 0.6) is 0 Å². The average Bonchev–Trinajstić information content (AvgIpc) is 2.81. The van der Waals surface area contributed by atoms with Crippen molar-refractivity contribution in [2.45, 2.75) is 10.9 Å². The summed E-state index contributed by atoms with van der Waals surface area (Å²) in [6.45, 7) is 1.91. The van der Waals surface area contributed by atoms with Gasteiger partial charge in [0.1, 0.15) is 0 Å². The SMILES string of the molecule is CS(=O)(=O)c1cccc(C(=O)NC2C3CNCC32)c1.Cl. The van der Waals surface area contributed by atoms with E-state index in [4.69, 9.17) is 0 Å². The number of benzene rings is 1. The summed E-state index contributed by atoms with van der Waals surface area (Å²) >= 11 is 0. The van der Waals surface area contributed by atoms with Crippen molar-refractivity contribution in [2.75, 3.05) is 19.3 Å². The van der Waals surface area contributed by atoms with Crippen molar-refractivity contribution in [1.29, 1.82) is 0 Å². The van der Waals surface area contributed by atoms with Gasteiger partial charge < -0.3 is 10.6 Å². The fourth-order valence-corrected chi connectivity index (χ4v) is 3.40. The highest BCUT2D eigenvalue weighted by molar-refractivity contribution is 7.90. The Morgan fingerprint density at radius 2 is 1.95 bits per heavy atom. The minimum absolute atomic E-state index is 0. The summed E-state index contributed by atoms with van der Waals surface area (Å²) in [7, 11) is -3.28. The molecule has 5 nitrogen and oxygen atoms in total. The number of carbonyl (C=O) groups excluding carboxylic acids is 1. The van der Waals surface area contributed by atoms with Crippen molar-refractivity contribution in [3.63, 3.8) is 0 Å². The third-order valence-corrected chi connectivity index (χ3v) is 5.02. The molecule has 1 aromatic rings. The van der Waals surface area contributed by atoms with Crippen LogP contribution in [0, 0.1) is 11.8 Å². The number of hydrogen-bond donors (Lipinski definition) is 2. The van der Waals surface area contributed by atoms with Crippen LogP contribution in [0.4, 0.5) is 0 Å². The molecule has 20 heavy (non-hydrogen) atoms. The summed E-state index contributed by atoms with van der Waals surface area (Å²) in [5, 5.41) is 6.24. The molecule has 2 aliphatic rings. The molecule has 1 saturated heterocycles. The lowest BCUT2D eigenvalue weighted by Crippen LogP contribution is -2.32. The average molecular weight is 317 g/mol. The summed E-state index contributed by atoms with van der Waals surface area (Å²) < 4.78 is 22.9. The van der Waals surface area contributed by atoms with E-state index >= 15 is 0 Å². The molecular weight excluding hydrogens is 300 g/mol. The van der Waals surface area contributed by atoms with Gasteiger partial charge in [-0.05, 0) is 30.0 Å². The number of sulfone groups is 1. The maximum atomic E-state index is 12.1. The second kappa shape index (κ2) is 5.35. The lowest BCUT2D eigenvalue weighted by atomic mass is 10.2. The Hall–Kier alpha value is -1.11. The van der Waals surface area contributed by atoms with E-state index in [1.165, 1.54) is 12.1 Å². The van der Waals surface area contributed by atoms with Gasteiger partial charge in [0, 0.05) is 31.0 Å². The second-order valence-corrected chi connectivity index (χ2v) is 7.30. The molecule has 110 valence electrons. The normalized spacial score (nSPS) is 27.4. The van der Waals surface area contributed by atoms with E-state index in [2.05, 4.69) is 10.6 Å². The third-order valence-electron chi connectivity index (χ3n) is 3.91. The molecule has 3 rings (SSSR count). The summed E-state index contributed by atoms with van der Waals surface area (Å²) in [6, 6.07) is 6.42. The first-order valence-electron chi connectivity index (χ1n) is 6.28. The van der Waals surface area contributed by atoms with Crippen LogP contribution in [-0.2, 0) is 9.84 Å². The molecule has 7 heteroatoms. The van der Waals surface area contributed by atoms with Crippen LogP contribution in [0.3, 0.4) is 0 Å². The Labute approximate surface area is 124 Å². The Morgan fingerprint density at radius 1 is 1.30 bits per heavy atom. The van der Waals surface area contributed by atoms with E-state index in [-0.39, 0.29) is 29.3 Å². The molecule has 1 heterocycles. The van der Waals surface area contributed by atoms with E-state index in [1.54, 1.807) is 12.1 Å². The fraction of sp³-hybridized carbons (Fsp3) is 0.462. The largest absolute Gasteiger partial charge is 0.349 e. The monoisotopic (exact) mass is 316 g/mol. The molecule has 0 bridgehead atoms. The Bertz CT molecular complexity index is 622. The number of nitrogens with one attached hydrogen (secondary N) is 2. The summed E-state index contributed by atoms with van der Waals surface area (Å²) in [5.41, 5.74) is 0.404. The lowest BCUT2D eigenvalue weighted by Gasteiger charge is -2.08. The molecule has 0 aromatic heterocycles. The lowest BCUT2D eigenvalue weighted by molar-refractivity contribution is 0.0946. The number of rotatable bonds is 3. The van der Waals surface area contributed by atoms with Crippen molar-refractivity contribution < 1.29 is 13.2 Å². The molecule has 1 saturated carbocycles. The minimum Gasteiger partial charge on any atom is -0.349 e. The number of piperidine rings is 1. The fourth-order valence-electron chi connectivity index (χ4n) is 2.74. The predicted octanol–water partition coefficient (Wildman–Crippen LogP) is 0.460. The van der Waals surface area contributed by atoms with Crippen molar-refractivity contribution in [2.24, 2.45) is 11.8 Å². The van der Waals surface area contributed by atoms with E-state index < -0.39 is 9.84 Å². The van der Waals surface area contributed by atoms with Crippen LogP contribution in [-0.4, -0.2) is 39.7 Å². The van der Waals surface area contributed by atoms with Crippen LogP contribution in [0.2, 0.25) is 0 Å². The highest BCUT2D eigenvalue weighted by Gasteiger charge is 2.53. The highest BCUT2D eigenvalue weighted by Crippen LogP contribution is 2.41. The zero-order valence-corrected chi connectivity index (χ0v) is 12.6. The Morgan fingerprint density at radius 3 is 2.55 bits per heavy atom. The smallest absolute Gasteiger partial charge is 0.251 e. The highest BCUT2D eigenvalue weighted by atomic mass is 35.5. The van der Waals surface area contributed by atoms with Gasteiger partial charge in [0.2, 0.25) is 0 Å². The van der Waals surface area contributed by atoms with Gasteiger partial charge in [0.15, 0.2) is 9.84 Å². The molecule has 0 spiro atoms. The zero-order chi connectivity index (χ0) is 13.6. The van der Waals surface area contributed by atoms with Gasteiger partial charge in [-0.2, -0.15) is 0 Å². The number of halogens is 1. The number of fused-ring (bicyclic) bond motifs is 1. The van der Waals surface area contributed by atoms with Gasteiger partial charge in [0.25, 0.3) is 5.91 Å². The molecule has 0 radical (unpaired) electrons. The van der Waals surface area contributed by atoms with Gasteiger partial charge in [-0.25, -0.2) is 8.42 Å². The second-order valence-electron chi connectivity index (χ2n) is 5.29. The van der Waals surface area contributed by atoms with Crippen LogP contribution in [0.25, 0.3) is 0 Å². The predicted molar refractivity (Wildman–Crippen MR) is 77.9 cm³/mol. The first-order valence-corrected chi connectivity index (χ1v) is 8.17. The molecule has 1 aromatic carbocycles. The minimum atomic E-state index is -3.28. The van der Waals surface area contributed by atoms with E-state index in [9.17, 15) is 13.2 Å². The van der Waals surface area contributed by atoms with E-state index in [1.807, 2.05) is 0 Å². The topological polar surface area (TPSA) is 75.3 Å². The molecule has 1 aliphatic heterocycles. The van der Waals surface area contributed by atoms with Gasteiger partial charge in [-0.15, -0.1) is 12.4 Å². The van der Waals surface area contributed by atoms with Gasteiger partial charge >= 0.3 is 0 Å². The molecule has 1 amide bonds. The summed E-state index contributed by atoms with van der Waals surface area (Å²) in [4.78, 5) is 12.3. The molecule has 2 atom stereocenters. The molecule has 2 fully saturated rings. The standard InChI is InChI=1S/C13H16N2O3S.ClH/c1-19(17,18)9-4-2-3-8(5-9)13(16)15-12-10-6-14-7-11(10)12;/h2-5,10-12,14H,6-7H2,1H3,(H,15,16);1H. The maximum absolute atomic E-state index is 12.1. The maximum Gasteiger partial charge on any atom is 0.251 e. The first-order chi connectivity index (χ1) is 8.97. The van der Waals surface area contributed by atoms with Crippen molar-refractivity contribution >= 4 is 28.2 Å². The Balaban J connectivity index is 0.00000147. The first kappa shape index (κ1) is 15.3. The van der Waals surface area contributed by atoms with Crippen LogP contribution >= 0.6 is 12.4 Å². The van der Waals surface area contributed by atoms with Gasteiger partial charge in [-0.3, -0.25) is 4.79 Å². The number of carbonyl (C=O) groups is 1. The molecule has 1 aliphatic carbocycles. The zero-order valence-electron chi connectivity index (χ0n) is 11.0. The van der Waals surface area contributed by atoms with E-state index in [0.29, 0.717) is 17.4 Å². The van der Waals surface area contributed by atoms with Gasteiger partial charge in [0.05, 0.1) is 4.90 Å². The molecule has 2 unspecified atom stereocenters. The summed E-state index contributed by atoms with van der Waals surface area (Å²) in [5.74, 6) is 0.897. The van der Waals surface area contributed by atoms with Crippen LogP contribution < -0.4 is 10.6 Å². The molecular formula is C13H17ClN2O3S. The van der Waals surface area contributed by atoms with Gasteiger partial charge in [-0.1, -0.05) is 6.07 Å². The van der Waals surface area contributed by atoms with Crippen molar-refractivity contribution in [3.8, 4) is 0 Å². The van der Waals surface area contributed by atoms with Crippen LogP contribution in [0.15, 0.2) is 29.2 Å². The number of hydrogen-bond acceptors (Lipinski definition) is 4. The Kier molecular flexibility index (Phi) is 4.09. The van der Waals surface area contributed by atoms with Crippen LogP contribution in [0.1, 0.15) is 10.4 Å². The molecule has 2 N–H and O–H groups in total. The third kappa shape index (κ3) is 2.82. The van der Waals surface area contributed by atoms with E-state index in [0.717, 1.165) is 19.3 Å². The van der Waals surface area contributed by atoms with Crippen molar-refractivity contribution in [3.05, 3.63) is 29.8 Å². The quantitative estimate of drug-likeness (QED) is 0.849. The van der Waals surface area contributed by atoms with Crippen molar-refractivity contribution in [1.82, 2.24) is 10.6 Å². The summed E-state index contributed by atoms with van der Waals surface area (Å²) in [6.07, 6.45) is 1.14.